The molecule has 0 amide bonds. The van der Waals surface area contributed by atoms with Gasteiger partial charge in [-0.2, -0.15) is 0 Å². The molecule has 25 nitrogen and oxygen atoms in total. The second-order valence-corrected chi connectivity index (χ2v) is 21.2. The van der Waals surface area contributed by atoms with Crippen LogP contribution in [0.2, 0.25) is 0 Å². The third-order valence-electron chi connectivity index (χ3n) is 15.2. The van der Waals surface area contributed by atoms with Crippen LogP contribution < -0.4 is 14.2 Å². The van der Waals surface area contributed by atoms with Crippen molar-refractivity contribution in [3.8, 4) is 17.2 Å². The number of cyclic esters (lactones) is 1. The van der Waals surface area contributed by atoms with Crippen LogP contribution in [0.5, 0.6) is 17.2 Å². The number of carbonyl (C=O) groups is 9. The number of pyridine rings is 2. The van der Waals surface area contributed by atoms with Gasteiger partial charge in [0.25, 0.3) is 0 Å². The summed E-state index contributed by atoms with van der Waals surface area (Å²) in [7, 11) is 3.83. The first-order valence-corrected chi connectivity index (χ1v) is 26.2. The highest BCUT2D eigenvalue weighted by atomic mass is 16.7. The van der Waals surface area contributed by atoms with E-state index < -0.39 is 143 Å². The molecule has 1 N–H and O–H groups in total. The van der Waals surface area contributed by atoms with Crippen molar-refractivity contribution in [3.63, 3.8) is 0 Å². The van der Waals surface area contributed by atoms with Gasteiger partial charge in [0, 0.05) is 39.4 Å². The summed E-state index contributed by atoms with van der Waals surface area (Å²) in [5.74, 6) is -14.1. The molecule has 2 aliphatic heterocycles. The van der Waals surface area contributed by atoms with E-state index in [1.807, 2.05) is 0 Å². The Bertz CT molecular complexity index is 3250. The van der Waals surface area contributed by atoms with Crippen molar-refractivity contribution in [1.82, 2.24) is 9.97 Å². The predicted molar refractivity (Wildman–Crippen MR) is 284 cm³/mol. The van der Waals surface area contributed by atoms with Gasteiger partial charge in [-0.05, 0) is 89.2 Å². The number of fused-ring (bicyclic) bond motifs is 5. The highest BCUT2D eigenvalue weighted by Gasteiger charge is 2.92. The van der Waals surface area contributed by atoms with Crippen LogP contribution in [0.15, 0.2) is 91.4 Å². The summed E-state index contributed by atoms with van der Waals surface area (Å²) in [5.41, 5.74) is -14.9. The number of aromatic nitrogens is 2. The van der Waals surface area contributed by atoms with Gasteiger partial charge in [-0.25, -0.2) is 24.0 Å². The van der Waals surface area contributed by atoms with E-state index in [9.17, 15) is 38.7 Å². The fourth-order valence-corrected chi connectivity index (χ4v) is 11.7. The number of nitrogens with zero attached hydrogens (tertiary/aromatic N) is 2. The van der Waals surface area contributed by atoms with Crippen molar-refractivity contribution in [2.45, 2.75) is 114 Å². The normalized spacial score (nSPS) is 29.0. The minimum atomic E-state index is -3.14. The van der Waals surface area contributed by atoms with E-state index >= 15 is 9.59 Å². The minimum absolute atomic E-state index is 0.00561. The molecule has 84 heavy (non-hydrogen) atoms. The Labute approximate surface area is 481 Å². The lowest BCUT2D eigenvalue weighted by molar-refractivity contribution is -0.385. The number of hydrogen-bond donors (Lipinski definition) is 1. The lowest BCUT2D eigenvalue weighted by atomic mass is 9.45. The second kappa shape index (κ2) is 23.7. The van der Waals surface area contributed by atoms with Gasteiger partial charge in [0.1, 0.15) is 42.0 Å². The first kappa shape index (κ1) is 61.1. The van der Waals surface area contributed by atoms with Gasteiger partial charge in [-0.3, -0.25) is 29.1 Å². The summed E-state index contributed by atoms with van der Waals surface area (Å²) in [6.07, 6.45) is -7.73. The van der Waals surface area contributed by atoms with Gasteiger partial charge in [0.05, 0.1) is 61.1 Å². The molecule has 1 spiro atoms. The van der Waals surface area contributed by atoms with E-state index in [1.54, 1.807) is 6.07 Å². The van der Waals surface area contributed by atoms with E-state index in [0.717, 1.165) is 47.7 Å². The molecule has 2 aliphatic carbocycles. The lowest BCUT2D eigenvalue weighted by Crippen LogP contribution is -2.89. The Morgan fingerprint density at radius 1 is 0.714 bits per heavy atom. The quantitative estimate of drug-likeness (QED) is 0.126. The van der Waals surface area contributed by atoms with Crippen molar-refractivity contribution in [1.29, 1.82) is 0 Å². The van der Waals surface area contributed by atoms with Gasteiger partial charge in [0.15, 0.2) is 41.5 Å². The monoisotopic (exact) mass is 1170 g/mol. The largest absolute Gasteiger partial charge is 0.493 e. The predicted octanol–water partition coefficient (Wildman–Crippen LogP) is 4.57. The molecule has 446 valence electrons. The maximum Gasteiger partial charge on any atom is 0.350 e. The number of ether oxygens (including phenoxy) is 13. The van der Waals surface area contributed by atoms with E-state index in [2.05, 4.69) is 9.97 Å². The average molecular weight is 1170 g/mol. The molecule has 0 radical (unpaired) electrons. The van der Waals surface area contributed by atoms with Gasteiger partial charge >= 0.3 is 53.7 Å². The topological polar surface area (TPSA) is 320 Å². The number of esters is 9. The Morgan fingerprint density at radius 2 is 1.32 bits per heavy atom. The number of benzene rings is 2. The third kappa shape index (κ3) is 10.9. The first-order valence-electron chi connectivity index (χ1n) is 26.2. The second-order valence-electron chi connectivity index (χ2n) is 21.2. The molecule has 8 rings (SSSR count). The summed E-state index contributed by atoms with van der Waals surface area (Å²) < 4.78 is 80.5. The van der Waals surface area contributed by atoms with Crippen LogP contribution in [0.3, 0.4) is 0 Å². The third-order valence-corrected chi connectivity index (χ3v) is 15.2. The molecule has 4 aromatic rings. The van der Waals surface area contributed by atoms with Crippen molar-refractivity contribution in [2.75, 3.05) is 34.5 Å². The first-order chi connectivity index (χ1) is 39.7. The standard InChI is InChI=1S/C59H62N2O23/c1-30-21-22-38-37(20-16-24-61-38)53(69)75-28-56(7)41-43(79-52(68)36-25-39(72-9)42(74-11)40(26-36)73-10)47(82-54(70)55(5,6)83-33(4)64)58(29-76-50(66)35-19-15-23-60-27-35)48(78-32(3)63)44(80-51(67)34-17-13-12-14-18-34)46(81-49(30)65)57(8,71)59(58,84-56)45(41)77-31(2)62/h12-27,30,41,43-48,71H,28-29H2,1-11H3/b22-21-/t30-,41-,43-,44+,45-,46+,47-,48+,56-,57+,58-,59+/m1/s1. The van der Waals surface area contributed by atoms with Crippen molar-refractivity contribution < 1.29 is 110 Å². The van der Waals surface area contributed by atoms with Crippen molar-refractivity contribution in [3.05, 3.63) is 119 Å². The molecule has 2 aromatic heterocycles. The summed E-state index contributed by atoms with van der Waals surface area (Å²) in [5, 5.41) is 14.3. The van der Waals surface area contributed by atoms with Crippen LogP contribution in [0, 0.1) is 17.3 Å². The summed E-state index contributed by atoms with van der Waals surface area (Å²) >= 11 is 0. The Kier molecular flexibility index (Phi) is 17.3. The van der Waals surface area contributed by atoms with Crippen molar-refractivity contribution in [2.24, 2.45) is 17.3 Å². The number of methoxy groups -OCH3 is 3. The molecule has 3 fully saturated rings. The Morgan fingerprint density at radius 3 is 1.93 bits per heavy atom. The summed E-state index contributed by atoms with van der Waals surface area (Å²) in [6, 6.07) is 15.1. The van der Waals surface area contributed by atoms with Gasteiger partial charge in [0.2, 0.25) is 11.4 Å². The minimum Gasteiger partial charge on any atom is -0.493 e. The molecule has 1 saturated heterocycles. The molecular weight excluding hydrogens is 1100 g/mol. The number of carbonyl (C=O) groups excluding carboxylic acids is 9. The van der Waals surface area contributed by atoms with Gasteiger partial charge in [-0.15, -0.1) is 0 Å². The van der Waals surface area contributed by atoms with Crippen LogP contribution in [0.1, 0.15) is 103 Å². The summed E-state index contributed by atoms with van der Waals surface area (Å²) in [4.78, 5) is 139. The highest BCUT2D eigenvalue weighted by Crippen LogP contribution is 2.70. The number of hydrogen-bond acceptors (Lipinski definition) is 25. The molecule has 0 unspecified atom stereocenters. The average Bonchev–Trinajstić information content (AvgIpc) is 1.35. The molecule has 2 saturated carbocycles. The highest BCUT2D eigenvalue weighted by molar-refractivity contribution is 5.94. The van der Waals surface area contributed by atoms with Crippen LogP contribution in [0.25, 0.3) is 6.08 Å². The fraction of sp³-hybridized carbons (Fsp3) is 0.441. The zero-order valence-corrected chi connectivity index (χ0v) is 47.6. The molecule has 12 atom stereocenters. The molecule has 4 heterocycles. The Balaban J connectivity index is 1.55. The maximum absolute atomic E-state index is 15.5. The van der Waals surface area contributed by atoms with Crippen LogP contribution in [-0.2, 0) is 71.3 Å². The van der Waals surface area contributed by atoms with E-state index in [1.165, 1.54) is 120 Å². The lowest BCUT2D eigenvalue weighted by Gasteiger charge is -2.67. The number of rotatable bonds is 15. The molecule has 2 aromatic carbocycles. The fourth-order valence-electron chi connectivity index (χ4n) is 11.7. The molecule has 4 aliphatic rings. The van der Waals surface area contributed by atoms with E-state index in [4.69, 9.17) is 61.6 Å². The molecule has 25 heteroatoms. The zero-order chi connectivity index (χ0) is 61.3. The summed E-state index contributed by atoms with van der Waals surface area (Å²) in [6.45, 7) is 6.47. The van der Waals surface area contributed by atoms with E-state index in [-0.39, 0.29) is 45.2 Å². The van der Waals surface area contributed by atoms with Crippen LogP contribution in [0.4, 0.5) is 0 Å². The number of aliphatic hydroxyl groups is 1. The SMILES string of the molecule is COc1cc(C(=O)O[C@@H]2[C@@H]3[C@@H](OC(C)=O)[C@@]45O[C@]3(C)COC(=O)c3cccnc3/C=C\[C@@H](C)C(=O)O[C@@H]([C@H](OC(=O)c3ccccc3)[C@H](OC(C)=O)[C@@]4(COC(=O)c3cccnc3)[C@@H]2OC(=O)C(C)(C)OC(C)=O)[C@]5(C)O)cc(OC)c1OC. The molecule has 4 bridgehead atoms. The van der Waals surface area contributed by atoms with Gasteiger partial charge in [-0.1, -0.05) is 24.3 Å². The van der Waals surface area contributed by atoms with Crippen molar-refractivity contribution >= 4 is 59.8 Å². The zero-order valence-electron chi connectivity index (χ0n) is 47.6. The van der Waals surface area contributed by atoms with Crippen LogP contribution >= 0.6 is 0 Å². The maximum atomic E-state index is 15.5. The Hall–Kier alpha value is -8.97. The van der Waals surface area contributed by atoms with Gasteiger partial charge < -0.3 is 66.7 Å². The van der Waals surface area contributed by atoms with E-state index in [0.29, 0.717) is 0 Å². The molecular formula is C59H62N2O23. The van der Waals surface area contributed by atoms with Crippen LogP contribution in [-0.4, -0.2) is 162 Å². The smallest absolute Gasteiger partial charge is 0.350 e.